The molecule has 0 atom stereocenters. The molecule has 4 aromatic rings. The smallest absolute Gasteiger partial charge is 0.404 e. The molecule has 0 aliphatic rings. The minimum atomic E-state index is -4.81. The summed E-state index contributed by atoms with van der Waals surface area (Å²) in [5.41, 5.74) is 1.89. The predicted octanol–water partition coefficient (Wildman–Crippen LogP) is 5.30. The number of nitrogens with zero attached hydrogens (tertiary/aromatic N) is 3. The average Bonchev–Trinajstić information content (AvgIpc) is 2.91. The fourth-order valence-electron chi connectivity index (χ4n) is 3.96. The maximum absolute atomic E-state index is 12.3. The molecule has 0 spiro atoms. The molecule has 0 fully saturated rings. The second-order valence-corrected chi connectivity index (χ2v) is 9.00. The minimum absolute atomic E-state index is 0.126. The number of aromatic nitrogens is 2. The van der Waals surface area contributed by atoms with Crippen molar-refractivity contribution < 1.29 is 22.7 Å². The van der Waals surface area contributed by atoms with E-state index in [4.69, 9.17) is 16.6 Å². The van der Waals surface area contributed by atoms with E-state index in [1.54, 1.807) is 24.5 Å². The highest BCUT2D eigenvalue weighted by atomic mass is 35.5. The largest absolute Gasteiger partial charge is 0.573 e. The first-order valence-electron chi connectivity index (χ1n) is 12.1. The van der Waals surface area contributed by atoms with Crippen molar-refractivity contribution in [3.05, 3.63) is 71.0 Å². The Morgan fingerprint density at radius 1 is 1.05 bits per heavy atom. The number of anilines is 1. The number of benzene rings is 2. The van der Waals surface area contributed by atoms with Crippen LogP contribution < -0.4 is 20.7 Å². The first-order valence-corrected chi connectivity index (χ1v) is 12.4. The summed E-state index contributed by atoms with van der Waals surface area (Å²) in [6, 6.07) is 13.4. The summed E-state index contributed by atoms with van der Waals surface area (Å²) in [5.74, 6) is 0.0963. The second kappa shape index (κ2) is 12.6. The Morgan fingerprint density at radius 2 is 1.90 bits per heavy atom. The number of ether oxygens (including phenoxy) is 1. The van der Waals surface area contributed by atoms with Gasteiger partial charge in [-0.15, -0.1) is 13.2 Å². The van der Waals surface area contributed by atoms with E-state index in [2.05, 4.69) is 31.7 Å². The Labute approximate surface area is 227 Å². The van der Waals surface area contributed by atoms with Crippen LogP contribution in [0.2, 0.25) is 5.02 Å². The third-order valence-corrected chi connectivity index (χ3v) is 6.07. The highest BCUT2D eigenvalue weighted by molar-refractivity contribution is 6.32. The van der Waals surface area contributed by atoms with E-state index in [1.165, 1.54) is 12.1 Å². The van der Waals surface area contributed by atoms with Crippen molar-refractivity contribution in [2.75, 3.05) is 25.0 Å². The maximum Gasteiger partial charge on any atom is 0.573 e. The highest BCUT2D eigenvalue weighted by Gasteiger charge is 2.32. The van der Waals surface area contributed by atoms with Crippen LogP contribution in [0.1, 0.15) is 24.0 Å². The number of nitriles is 1. The molecule has 0 unspecified atom stereocenters. The van der Waals surface area contributed by atoms with Gasteiger partial charge in [-0.2, -0.15) is 5.26 Å². The van der Waals surface area contributed by atoms with Gasteiger partial charge in [0.2, 0.25) is 5.91 Å². The van der Waals surface area contributed by atoms with E-state index < -0.39 is 12.1 Å². The molecule has 2 heterocycles. The van der Waals surface area contributed by atoms with Crippen LogP contribution >= 0.6 is 11.6 Å². The summed E-state index contributed by atoms with van der Waals surface area (Å²) in [6.07, 6.45) is -0.437. The van der Waals surface area contributed by atoms with Gasteiger partial charge in [0.15, 0.2) is 0 Å². The minimum Gasteiger partial charge on any atom is -0.404 e. The Morgan fingerprint density at radius 3 is 2.67 bits per heavy atom. The van der Waals surface area contributed by atoms with E-state index in [9.17, 15) is 23.2 Å². The number of hydrogen-bond donors (Lipinski definition) is 3. The van der Waals surface area contributed by atoms with E-state index in [0.717, 1.165) is 22.2 Å². The second-order valence-electron chi connectivity index (χ2n) is 8.60. The quantitative estimate of drug-likeness (QED) is 0.170. The molecule has 3 N–H and O–H groups in total. The first-order chi connectivity index (χ1) is 18.7. The normalized spacial score (nSPS) is 11.4. The Kier molecular flexibility index (Phi) is 9.01. The molecule has 1 amide bonds. The Bertz CT molecular complexity index is 1520. The van der Waals surface area contributed by atoms with Crippen LogP contribution in [0.3, 0.4) is 0 Å². The van der Waals surface area contributed by atoms with Gasteiger partial charge in [-0.3, -0.25) is 9.78 Å². The SMILES string of the molecule is N#Cc1ccc2c(c1)nc(NCCCNC(=O)CCNCc1ccc(OC(F)(F)F)c(Cl)c1)c1ccncc12. The average molecular weight is 557 g/mol. The van der Waals surface area contributed by atoms with Gasteiger partial charge < -0.3 is 20.7 Å². The molecule has 0 aliphatic carbocycles. The number of amides is 1. The fourth-order valence-corrected chi connectivity index (χ4v) is 4.20. The lowest BCUT2D eigenvalue weighted by molar-refractivity contribution is -0.274. The van der Waals surface area contributed by atoms with E-state index in [0.29, 0.717) is 55.1 Å². The summed E-state index contributed by atoms with van der Waals surface area (Å²) in [5, 5.41) is 21.1. The number of hydrogen-bond acceptors (Lipinski definition) is 7. The lowest BCUT2D eigenvalue weighted by atomic mass is 10.1. The molecule has 0 saturated carbocycles. The van der Waals surface area contributed by atoms with Crippen molar-refractivity contribution in [2.24, 2.45) is 0 Å². The molecule has 8 nitrogen and oxygen atoms in total. The van der Waals surface area contributed by atoms with Crippen molar-refractivity contribution in [3.8, 4) is 11.8 Å². The zero-order chi connectivity index (χ0) is 27.8. The highest BCUT2D eigenvalue weighted by Crippen LogP contribution is 2.31. The lowest BCUT2D eigenvalue weighted by Crippen LogP contribution is -2.29. The van der Waals surface area contributed by atoms with Gasteiger partial charge in [-0.25, -0.2) is 4.98 Å². The van der Waals surface area contributed by atoms with Crippen molar-refractivity contribution in [2.45, 2.75) is 25.7 Å². The molecule has 0 radical (unpaired) electrons. The third-order valence-electron chi connectivity index (χ3n) is 5.77. The van der Waals surface area contributed by atoms with Crippen molar-refractivity contribution in [1.82, 2.24) is 20.6 Å². The maximum atomic E-state index is 12.3. The van der Waals surface area contributed by atoms with Gasteiger partial charge in [0, 0.05) is 61.2 Å². The third kappa shape index (κ3) is 7.69. The zero-order valence-corrected chi connectivity index (χ0v) is 21.4. The lowest BCUT2D eigenvalue weighted by Gasteiger charge is -2.12. The zero-order valence-electron chi connectivity index (χ0n) is 20.6. The molecule has 0 saturated heterocycles. The van der Waals surface area contributed by atoms with E-state index in [1.807, 2.05) is 12.1 Å². The first kappa shape index (κ1) is 27.9. The van der Waals surface area contributed by atoms with Crippen LogP contribution in [0.4, 0.5) is 19.0 Å². The predicted molar refractivity (Wildman–Crippen MR) is 142 cm³/mol. The topological polar surface area (TPSA) is 112 Å². The van der Waals surface area contributed by atoms with Crippen LogP contribution in [0.5, 0.6) is 5.75 Å². The molecule has 2 aromatic heterocycles. The number of alkyl halides is 3. The monoisotopic (exact) mass is 556 g/mol. The number of carbonyl (C=O) groups is 1. The number of pyridine rings is 2. The molecule has 0 bridgehead atoms. The Hall–Kier alpha value is -4.14. The molecule has 2 aromatic carbocycles. The molecule has 4 rings (SSSR count). The van der Waals surface area contributed by atoms with Gasteiger partial charge in [0.05, 0.1) is 22.2 Å². The van der Waals surface area contributed by atoms with Gasteiger partial charge in [-0.1, -0.05) is 23.7 Å². The van der Waals surface area contributed by atoms with Gasteiger partial charge >= 0.3 is 6.36 Å². The molecule has 39 heavy (non-hydrogen) atoms. The van der Waals surface area contributed by atoms with Crippen LogP contribution in [0.25, 0.3) is 21.7 Å². The van der Waals surface area contributed by atoms with Gasteiger partial charge in [0.25, 0.3) is 0 Å². The number of halogens is 4. The summed E-state index contributed by atoms with van der Waals surface area (Å²) >= 11 is 5.85. The summed E-state index contributed by atoms with van der Waals surface area (Å²) < 4.78 is 40.9. The summed E-state index contributed by atoms with van der Waals surface area (Å²) in [7, 11) is 0. The van der Waals surface area contributed by atoms with Crippen molar-refractivity contribution in [1.29, 1.82) is 5.26 Å². The molecule has 12 heteroatoms. The van der Waals surface area contributed by atoms with Gasteiger partial charge in [0.1, 0.15) is 11.6 Å². The number of nitrogens with one attached hydrogen (secondary N) is 3. The molecular weight excluding hydrogens is 533 g/mol. The standard InChI is InChI=1S/C27H24ClF3N6O2/c28-22-12-18(3-5-24(22)39-27(29,30)31)15-33-11-7-25(38)35-8-1-9-36-26-20-6-10-34-16-21(20)19-4-2-17(14-32)13-23(19)37-26/h2-6,10,12-13,16,33H,1,7-9,11,15H2,(H,35,38)(H,36,37). The molecular formula is C27H24ClF3N6O2. The van der Waals surface area contributed by atoms with E-state index >= 15 is 0 Å². The molecule has 202 valence electrons. The number of rotatable bonds is 11. The number of carbonyl (C=O) groups excluding carboxylic acids is 1. The molecule has 0 aliphatic heterocycles. The van der Waals surface area contributed by atoms with Crippen LogP contribution in [-0.2, 0) is 11.3 Å². The summed E-state index contributed by atoms with van der Waals surface area (Å²) in [6.45, 7) is 1.75. The van der Waals surface area contributed by atoms with Crippen LogP contribution in [-0.4, -0.2) is 41.9 Å². The summed E-state index contributed by atoms with van der Waals surface area (Å²) in [4.78, 5) is 21.1. The van der Waals surface area contributed by atoms with Gasteiger partial charge in [-0.05, 0) is 42.3 Å². The van der Waals surface area contributed by atoms with Crippen molar-refractivity contribution in [3.63, 3.8) is 0 Å². The van der Waals surface area contributed by atoms with Crippen LogP contribution in [0, 0.1) is 11.3 Å². The van der Waals surface area contributed by atoms with Crippen LogP contribution in [0.15, 0.2) is 54.9 Å². The Balaban J connectivity index is 1.19. The van der Waals surface area contributed by atoms with E-state index in [-0.39, 0.29) is 17.4 Å². The fraction of sp³-hybridized carbons (Fsp3) is 0.259. The number of fused-ring (bicyclic) bond motifs is 3. The van der Waals surface area contributed by atoms with Crippen molar-refractivity contribution >= 4 is 45.0 Å².